The van der Waals surface area contributed by atoms with Gasteiger partial charge >= 0.3 is 0 Å². The number of anilines is 1. The second kappa shape index (κ2) is 5.86. The number of rotatable bonds is 3. The van der Waals surface area contributed by atoms with Crippen molar-refractivity contribution in [3.8, 4) is 5.75 Å². The molecule has 0 atom stereocenters. The number of halogens is 1. The van der Waals surface area contributed by atoms with E-state index in [1.165, 1.54) is 22.5 Å². The third-order valence-electron chi connectivity index (χ3n) is 3.62. The summed E-state index contributed by atoms with van der Waals surface area (Å²) in [7, 11) is -3.69. The van der Waals surface area contributed by atoms with Crippen molar-refractivity contribution >= 4 is 32.6 Å². The van der Waals surface area contributed by atoms with Crippen LogP contribution < -0.4 is 9.04 Å². The molecule has 0 saturated carbocycles. The minimum absolute atomic E-state index is 0.206. The number of carbonyl (C=O) groups is 1. The van der Waals surface area contributed by atoms with Crippen LogP contribution in [0.15, 0.2) is 47.4 Å². The molecule has 0 bridgehead atoms. The third-order valence-corrected chi connectivity index (χ3v) is 5.66. The molecule has 7 heteroatoms. The lowest BCUT2D eigenvalue weighted by Gasteiger charge is -2.30. The summed E-state index contributed by atoms with van der Waals surface area (Å²) in [5.41, 5.74) is 1.65. The summed E-state index contributed by atoms with van der Waals surface area (Å²) in [6, 6.07) is 11.2. The van der Waals surface area contributed by atoms with E-state index in [9.17, 15) is 13.2 Å². The van der Waals surface area contributed by atoms with Gasteiger partial charge < -0.3 is 4.74 Å². The molecule has 0 saturated heterocycles. The second-order valence-electron chi connectivity index (χ2n) is 5.19. The molecule has 5 nitrogen and oxygen atoms in total. The van der Waals surface area contributed by atoms with Gasteiger partial charge in [0, 0.05) is 5.56 Å². The van der Waals surface area contributed by atoms with E-state index in [0.717, 1.165) is 5.56 Å². The Morgan fingerprint density at radius 2 is 1.87 bits per heavy atom. The van der Waals surface area contributed by atoms with Gasteiger partial charge in [-0.3, -0.25) is 9.10 Å². The summed E-state index contributed by atoms with van der Waals surface area (Å²) in [6.07, 6.45) is 0. The van der Waals surface area contributed by atoms with Crippen LogP contribution in [0.1, 0.15) is 15.9 Å². The van der Waals surface area contributed by atoms with Gasteiger partial charge in [0.25, 0.3) is 15.3 Å². The molecular formula is C16H14ClNO4S. The molecule has 0 fully saturated rings. The van der Waals surface area contributed by atoms with E-state index >= 15 is 0 Å². The Morgan fingerprint density at radius 1 is 1.17 bits per heavy atom. The standard InChI is InChI=1S/C16H14ClNO4S/c1-11-2-5-13(6-3-11)23(20,21)18-8-9-22-15-10-12(16(17)19)4-7-14(15)18/h2-7,10H,8-9H2,1H3. The highest BCUT2D eigenvalue weighted by atomic mass is 35.5. The van der Waals surface area contributed by atoms with Gasteiger partial charge in [0.05, 0.1) is 17.1 Å². The molecule has 2 aromatic rings. The highest BCUT2D eigenvalue weighted by molar-refractivity contribution is 7.92. The quantitative estimate of drug-likeness (QED) is 0.797. The smallest absolute Gasteiger partial charge is 0.264 e. The Morgan fingerprint density at radius 3 is 2.52 bits per heavy atom. The van der Waals surface area contributed by atoms with Crippen LogP contribution in [0.2, 0.25) is 0 Å². The molecule has 0 amide bonds. The normalized spacial score (nSPS) is 14.1. The monoisotopic (exact) mass is 351 g/mol. The van der Waals surface area contributed by atoms with Gasteiger partial charge in [-0.05, 0) is 48.9 Å². The summed E-state index contributed by atoms with van der Waals surface area (Å²) in [5.74, 6) is 0.332. The van der Waals surface area contributed by atoms with E-state index in [4.69, 9.17) is 16.3 Å². The SMILES string of the molecule is Cc1ccc(S(=O)(=O)N2CCOc3cc(C(=O)Cl)ccc32)cc1. The first-order valence-electron chi connectivity index (χ1n) is 6.96. The zero-order valence-corrected chi connectivity index (χ0v) is 13.9. The maximum Gasteiger partial charge on any atom is 0.264 e. The molecule has 0 unspecified atom stereocenters. The van der Waals surface area contributed by atoms with Crippen molar-refractivity contribution in [1.82, 2.24) is 0 Å². The van der Waals surface area contributed by atoms with Crippen molar-refractivity contribution in [3.63, 3.8) is 0 Å². The molecule has 2 aromatic carbocycles. The molecule has 0 aromatic heterocycles. The van der Waals surface area contributed by atoms with Crippen molar-refractivity contribution in [1.29, 1.82) is 0 Å². The molecular weight excluding hydrogens is 338 g/mol. The van der Waals surface area contributed by atoms with E-state index in [1.807, 2.05) is 6.92 Å². The summed E-state index contributed by atoms with van der Waals surface area (Å²) < 4.78 is 32.5. The largest absolute Gasteiger partial charge is 0.489 e. The molecule has 1 aliphatic rings. The van der Waals surface area contributed by atoms with Crippen LogP contribution in [0.5, 0.6) is 5.75 Å². The Bertz CT molecular complexity index is 862. The van der Waals surface area contributed by atoms with Crippen molar-refractivity contribution in [2.24, 2.45) is 0 Å². The van der Waals surface area contributed by atoms with Crippen LogP contribution in [0, 0.1) is 6.92 Å². The maximum atomic E-state index is 12.9. The number of fused-ring (bicyclic) bond motifs is 1. The minimum atomic E-state index is -3.69. The first-order chi connectivity index (χ1) is 10.9. The molecule has 0 spiro atoms. The van der Waals surface area contributed by atoms with Gasteiger partial charge in [-0.2, -0.15) is 0 Å². The van der Waals surface area contributed by atoms with Crippen LogP contribution in [0.25, 0.3) is 0 Å². The first-order valence-corrected chi connectivity index (χ1v) is 8.77. The van der Waals surface area contributed by atoms with Gasteiger partial charge in [-0.1, -0.05) is 17.7 Å². The molecule has 0 N–H and O–H groups in total. The van der Waals surface area contributed by atoms with Gasteiger partial charge in [0.1, 0.15) is 12.4 Å². The number of carbonyl (C=O) groups excluding carboxylic acids is 1. The number of ether oxygens (including phenoxy) is 1. The molecule has 1 aliphatic heterocycles. The Kier molecular flexibility index (Phi) is 4.04. The van der Waals surface area contributed by atoms with E-state index < -0.39 is 15.3 Å². The molecule has 1 heterocycles. The topological polar surface area (TPSA) is 63.7 Å². The summed E-state index contributed by atoms with van der Waals surface area (Å²) in [4.78, 5) is 11.5. The molecule has 120 valence electrons. The predicted octanol–water partition coefficient (Wildman–Crippen LogP) is 2.96. The van der Waals surface area contributed by atoms with Crippen molar-refractivity contribution in [2.45, 2.75) is 11.8 Å². The fraction of sp³-hybridized carbons (Fsp3) is 0.188. The maximum absolute atomic E-state index is 12.9. The van der Waals surface area contributed by atoms with Crippen LogP contribution in [-0.2, 0) is 10.0 Å². The Balaban J connectivity index is 2.06. The van der Waals surface area contributed by atoms with Crippen LogP contribution in [0.3, 0.4) is 0 Å². The second-order valence-corrected chi connectivity index (χ2v) is 7.40. The van der Waals surface area contributed by atoms with Gasteiger partial charge in [-0.25, -0.2) is 8.42 Å². The van der Waals surface area contributed by atoms with E-state index in [-0.39, 0.29) is 23.6 Å². The van der Waals surface area contributed by atoms with Crippen molar-refractivity contribution < 1.29 is 17.9 Å². The number of hydrogen-bond acceptors (Lipinski definition) is 4. The fourth-order valence-corrected chi connectivity index (χ4v) is 3.98. The molecule has 23 heavy (non-hydrogen) atoms. The lowest BCUT2D eigenvalue weighted by atomic mass is 10.2. The highest BCUT2D eigenvalue weighted by Gasteiger charge is 2.30. The zero-order chi connectivity index (χ0) is 16.6. The molecule has 0 aliphatic carbocycles. The Labute approximate surface area is 139 Å². The molecule has 0 radical (unpaired) electrons. The lowest BCUT2D eigenvalue weighted by molar-refractivity contribution is 0.108. The molecule has 3 rings (SSSR count). The number of hydrogen-bond donors (Lipinski definition) is 0. The summed E-state index contributed by atoms with van der Waals surface area (Å²) in [5, 5.41) is -0.616. The first kappa shape index (κ1) is 15.8. The number of nitrogens with zero attached hydrogens (tertiary/aromatic N) is 1. The zero-order valence-electron chi connectivity index (χ0n) is 12.3. The summed E-state index contributed by atoms with van der Waals surface area (Å²) in [6.45, 7) is 2.31. The van der Waals surface area contributed by atoms with Crippen molar-refractivity contribution in [3.05, 3.63) is 53.6 Å². The number of sulfonamides is 1. The van der Waals surface area contributed by atoms with E-state index in [2.05, 4.69) is 0 Å². The van der Waals surface area contributed by atoms with Crippen LogP contribution in [-0.4, -0.2) is 26.8 Å². The summed E-state index contributed by atoms with van der Waals surface area (Å²) >= 11 is 5.46. The number of aryl methyl sites for hydroxylation is 1. The van der Waals surface area contributed by atoms with Gasteiger partial charge in [0.15, 0.2) is 0 Å². The predicted molar refractivity (Wildman–Crippen MR) is 87.8 cm³/mol. The minimum Gasteiger partial charge on any atom is -0.489 e. The third kappa shape index (κ3) is 2.92. The lowest BCUT2D eigenvalue weighted by Crippen LogP contribution is -2.38. The highest BCUT2D eigenvalue weighted by Crippen LogP contribution is 2.36. The van der Waals surface area contributed by atoms with Crippen molar-refractivity contribution in [2.75, 3.05) is 17.5 Å². The average molecular weight is 352 g/mol. The number of benzene rings is 2. The van der Waals surface area contributed by atoms with Gasteiger partial charge in [-0.15, -0.1) is 0 Å². The van der Waals surface area contributed by atoms with Gasteiger partial charge in [0.2, 0.25) is 0 Å². The average Bonchev–Trinajstić information content (AvgIpc) is 2.54. The van der Waals surface area contributed by atoms with E-state index in [1.54, 1.807) is 24.3 Å². The fourth-order valence-electron chi connectivity index (χ4n) is 2.40. The van der Waals surface area contributed by atoms with Crippen LogP contribution in [0.4, 0.5) is 5.69 Å². The van der Waals surface area contributed by atoms with E-state index in [0.29, 0.717) is 11.4 Å². The Hall–Kier alpha value is -2.05. The van der Waals surface area contributed by atoms with Crippen LogP contribution >= 0.6 is 11.6 Å².